The first-order chi connectivity index (χ1) is 15.6. The van der Waals surface area contributed by atoms with E-state index in [1.165, 1.54) is 12.1 Å². The number of amides is 1. The Morgan fingerprint density at radius 3 is 2.41 bits per heavy atom. The predicted octanol–water partition coefficient (Wildman–Crippen LogP) is 2.16. The molecule has 1 heterocycles. The van der Waals surface area contributed by atoms with Gasteiger partial charge in [0.1, 0.15) is 11.6 Å². The standard InChI is InChI=1S/C24H30FN5O2/c25-19-3-7-21(8-4-19)29-13-15-30(16-14-29)24(26)27-12-11-18-1-9-22(10-2-18)32-17-23(31)28-20-5-6-20/h1-4,7-10,20H,5-6,11-17H2,(H2,26,27)(H,28,31). The fourth-order valence-corrected chi connectivity index (χ4v) is 3.64. The Kier molecular flexibility index (Phi) is 7.09. The summed E-state index contributed by atoms with van der Waals surface area (Å²) >= 11 is 0. The molecule has 2 aliphatic rings. The van der Waals surface area contributed by atoms with Gasteiger partial charge in [0.25, 0.3) is 5.91 Å². The average Bonchev–Trinajstić information content (AvgIpc) is 3.63. The number of aliphatic imine (C=N–C) groups is 1. The number of hydrogen-bond acceptors (Lipinski definition) is 4. The lowest BCUT2D eigenvalue weighted by Gasteiger charge is -2.36. The molecule has 32 heavy (non-hydrogen) atoms. The van der Waals surface area contributed by atoms with Crippen LogP contribution in [0.5, 0.6) is 5.75 Å². The van der Waals surface area contributed by atoms with Crippen molar-refractivity contribution in [3.8, 4) is 5.75 Å². The van der Waals surface area contributed by atoms with Gasteiger partial charge in [-0.15, -0.1) is 0 Å². The van der Waals surface area contributed by atoms with Crippen LogP contribution >= 0.6 is 0 Å². The summed E-state index contributed by atoms with van der Waals surface area (Å²) < 4.78 is 18.6. The highest BCUT2D eigenvalue weighted by Crippen LogP contribution is 2.19. The lowest BCUT2D eigenvalue weighted by atomic mass is 10.1. The highest BCUT2D eigenvalue weighted by atomic mass is 19.1. The summed E-state index contributed by atoms with van der Waals surface area (Å²) in [4.78, 5) is 20.5. The molecule has 1 aliphatic carbocycles. The smallest absolute Gasteiger partial charge is 0.258 e. The normalized spacial score (nSPS) is 16.7. The molecule has 3 N–H and O–H groups in total. The Labute approximate surface area is 188 Å². The molecule has 0 bridgehead atoms. The molecule has 2 aromatic carbocycles. The van der Waals surface area contributed by atoms with Crippen molar-refractivity contribution < 1.29 is 13.9 Å². The van der Waals surface area contributed by atoms with Gasteiger partial charge in [0.2, 0.25) is 0 Å². The zero-order valence-electron chi connectivity index (χ0n) is 18.2. The van der Waals surface area contributed by atoms with E-state index in [-0.39, 0.29) is 18.3 Å². The van der Waals surface area contributed by atoms with Gasteiger partial charge in [-0.2, -0.15) is 0 Å². The molecular formula is C24H30FN5O2. The van der Waals surface area contributed by atoms with Crippen LogP contribution in [0.25, 0.3) is 0 Å². The average molecular weight is 440 g/mol. The van der Waals surface area contributed by atoms with Crippen molar-refractivity contribution in [2.75, 3.05) is 44.2 Å². The van der Waals surface area contributed by atoms with Crippen molar-refractivity contribution in [3.05, 3.63) is 59.9 Å². The number of rotatable bonds is 8. The maximum absolute atomic E-state index is 13.1. The first-order valence-electron chi connectivity index (χ1n) is 11.1. The summed E-state index contributed by atoms with van der Waals surface area (Å²) in [5.41, 5.74) is 8.36. The number of guanidine groups is 1. The maximum Gasteiger partial charge on any atom is 0.258 e. The molecule has 170 valence electrons. The van der Waals surface area contributed by atoms with Crippen molar-refractivity contribution in [1.29, 1.82) is 0 Å². The van der Waals surface area contributed by atoms with Crippen LogP contribution in [-0.4, -0.2) is 62.1 Å². The topological polar surface area (TPSA) is 83.2 Å². The minimum atomic E-state index is -0.220. The molecule has 7 nitrogen and oxygen atoms in total. The second-order valence-corrected chi connectivity index (χ2v) is 8.21. The predicted molar refractivity (Wildman–Crippen MR) is 123 cm³/mol. The van der Waals surface area contributed by atoms with E-state index in [2.05, 4.69) is 20.1 Å². The van der Waals surface area contributed by atoms with Gasteiger partial charge >= 0.3 is 0 Å². The van der Waals surface area contributed by atoms with E-state index in [4.69, 9.17) is 10.5 Å². The summed E-state index contributed by atoms with van der Waals surface area (Å²) in [6, 6.07) is 14.7. The molecule has 0 unspecified atom stereocenters. The molecule has 1 aliphatic heterocycles. The van der Waals surface area contributed by atoms with Crippen LogP contribution in [0.15, 0.2) is 53.5 Å². The van der Waals surface area contributed by atoms with Crippen molar-refractivity contribution in [3.63, 3.8) is 0 Å². The Bertz CT molecular complexity index is 920. The number of benzene rings is 2. The summed E-state index contributed by atoms with van der Waals surface area (Å²) in [7, 11) is 0. The first kappa shape index (κ1) is 21.9. The Morgan fingerprint density at radius 2 is 1.75 bits per heavy atom. The van der Waals surface area contributed by atoms with Crippen LogP contribution in [0.4, 0.5) is 10.1 Å². The molecule has 8 heteroatoms. The lowest BCUT2D eigenvalue weighted by Crippen LogP contribution is -2.51. The van der Waals surface area contributed by atoms with E-state index >= 15 is 0 Å². The largest absolute Gasteiger partial charge is 0.484 e. The van der Waals surface area contributed by atoms with Gasteiger partial charge in [-0.25, -0.2) is 4.39 Å². The van der Waals surface area contributed by atoms with Crippen molar-refractivity contribution in [2.45, 2.75) is 25.3 Å². The molecule has 0 atom stereocenters. The molecule has 0 spiro atoms. The number of piperazine rings is 1. The van der Waals surface area contributed by atoms with Crippen molar-refractivity contribution >= 4 is 17.6 Å². The minimum Gasteiger partial charge on any atom is -0.484 e. The third kappa shape index (κ3) is 6.35. The van der Waals surface area contributed by atoms with Gasteiger partial charge in [-0.1, -0.05) is 12.1 Å². The number of hydrogen-bond donors (Lipinski definition) is 2. The minimum absolute atomic E-state index is 0.0467. The van der Waals surface area contributed by atoms with E-state index < -0.39 is 0 Å². The number of anilines is 1. The second kappa shape index (κ2) is 10.3. The number of nitrogens with zero attached hydrogens (tertiary/aromatic N) is 3. The molecule has 1 amide bonds. The molecule has 0 radical (unpaired) electrons. The summed E-state index contributed by atoms with van der Waals surface area (Å²) in [6.45, 7) is 3.86. The van der Waals surface area contributed by atoms with Gasteiger partial charge in [-0.05, 0) is 61.2 Å². The van der Waals surface area contributed by atoms with Crippen LogP contribution < -0.4 is 20.7 Å². The molecule has 0 aromatic heterocycles. The van der Waals surface area contributed by atoms with Gasteiger partial charge < -0.3 is 25.6 Å². The quantitative estimate of drug-likeness (QED) is 0.487. The number of carbonyl (C=O) groups is 1. The second-order valence-electron chi connectivity index (χ2n) is 8.21. The Morgan fingerprint density at radius 1 is 1.06 bits per heavy atom. The monoisotopic (exact) mass is 439 g/mol. The lowest BCUT2D eigenvalue weighted by molar-refractivity contribution is -0.123. The number of halogens is 1. The highest BCUT2D eigenvalue weighted by molar-refractivity contribution is 5.78. The van der Waals surface area contributed by atoms with Crippen LogP contribution in [0.2, 0.25) is 0 Å². The number of carbonyl (C=O) groups excluding carboxylic acids is 1. The van der Waals surface area contributed by atoms with Gasteiger partial charge in [0.15, 0.2) is 12.6 Å². The van der Waals surface area contributed by atoms with Crippen molar-refractivity contribution in [1.82, 2.24) is 10.2 Å². The SMILES string of the molecule is NC(=NCCc1ccc(OCC(=O)NC2CC2)cc1)N1CCN(c2ccc(F)cc2)CC1. The third-order valence-electron chi connectivity index (χ3n) is 5.71. The summed E-state index contributed by atoms with van der Waals surface area (Å²) in [5, 5.41) is 2.90. The third-order valence-corrected chi connectivity index (χ3v) is 5.71. The van der Waals surface area contributed by atoms with E-state index in [0.29, 0.717) is 24.3 Å². The molecule has 2 aromatic rings. The van der Waals surface area contributed by atoms with E-state index in [1.54, 1.807) is 0 Å². The fourth-order valence-electron chi connectivity index (χ4n) is 3.64. The van der Waals surface area contributed by atoms with Gasteiger partial charge in [0, 0.05) is 44.5 Å². The Hall–Kier alpha value is -3.29. The number of ether oxygens (including phenoxy) is 1. The molecule has 2 fully saturated rings. The molecular weight excluding hydrogens is 409 g/mol. The first-order valence-corrected chi connectivity index (χ1v) is 11.1. The number of nitrogens with two attached hydrogens (primary N) is 1. The molecule has 4 rings (SSSR count). The number of nitrogens with one attached hydrogen (secondary N) is 1. The van der Waals surface area contributed by atoms with Crippen LogP contribution in [0, 0.1) is 5.82 Å². The Balaban J connectivity index is 1.17. The van der Waals surface area contributed by atoms with E-state index in [0.717, 1.165) is 56.7 Å². The van der Waals surface area contributed by atoms with Gasteiger partial charge in [0.05, 0.1) is 0 Å². The molecule has 1 saturated carbocycles. The zero-order chi connectivity index (χ0) is 22.3. The summed E-state index contributed by atoms with van der Waals surface area (Å²) in [6.07, 6.45) is 2.91. The van der Waals surface area contributed by atoms with Crippen molar-refractivity contribution in [2.24, 2.45) is 10.7 Å². The van der Waals surface area contributed by atoms with E-state index in [1.807, 2.05) is 36.4 Å². The van der Waals surface area contributed by atoms with E-state index in [9.17, 15) is 9.18 Å². The van der Waals surface area contributed by atoms with Crippen LogP contribution in [-0.2, 0) is 11.2 Å². The van der Waals surface area contributed by atoms with Crippen LogP contribution in [0.3, 0.4) is 0 Å². The summed E-state index contributed by atoms with van der Waals surface area (Å²) in [5.74, 6) is 0.953. The highest BCUT2D eigenvalue weighted by Gasteiger charge is 2.23. The van der Waals surface area contributed by atoms with Gasteiger partial charge in [-0.3, -0.25) is 9.79 Å². The fraction of sp³-hybridized carbons (Fsp3) is 0.417. The van der Waals surface area contributed by atoms with Crippen LogP contribution in [0.1, 0.15) is 18.4 Å². The molecule has 1 saturated heterocycles. The maximum atomic E-state index is 13.1. The zero-order valence-corrected chi connectivity index (χ0v) is 18.2.